The third-order valence-electron chi connectivity index (χ3n) is 3.30. The fraction of sp³-hybridized carbons (Fsp3) is 0.625. The van der Waals surface area contributed by atoms with Gasteiger partial charge in [0.25, 0.3) is 0 Å². The third-order valence-corrected chi connectivity index (χ3v) is 4.00. The minimum atomic E-state index is -4.15. The van der Waals surface area contributed by atoms with E-state index in [2.05, 4.69) is 11.6 Å². The summed E-state index contributed by atoms with van der Waals surface area (Å²) in [6.45, 7) is 0.634. The van der Waals surface area contributed by atoms with Gasteiger partial charge in [-0.15, -0.1) is 0 Å². The molecule has 0 amide bonds. The molecule has 0 radical (unpaired) electrons. The molecule has 1 rings (SSSR count). The Morgan fingerprint density at radius 3 is 2.33 bits per heavy atom. The van der Waals surface area contributed by atoms with E-state index >= 15 is 0 Å². The van der Waals surface area contributed by atoms with E-state index in [1.54, 1.807) is 24.3 Å². The van der Waals surface area contributed by atoms with Gasteiger partial charge in [0.05, 0.1) is 6.42 Å². The quantitative estimate of drug-likeness (QED) is 0.595. The van der Waals surface area contributed by atoms with Crippen molar-refractivity contribution in [3.8, 4) is 0 Å². The summed E-state index contributed by atoms with van der Waals surface area (Å²) in [4.78, 5) is 0. The van der Waals surface area contributed by atoms with Crippen LogP contribution in [-0.4, -0.2) is 24.7 Å². The third kappa shape index (κ3) is 9.04. The molecule has 1 atom stereocenters. The molecule has 5 heteroatoms. The van der Waals surface area contributed by atoms with Crippen molar-refractivity contribution in [2.45, 2.75) is 44.3 Å². The second-order valence-electron chi connectivity index (χ2n) is 5.14. The van der Waals surface area contributed by atoms with E-state index < -0.39 is 18.6 Å². The molecule has 0 fully saturated rings. The SMILES string of the molecule is CSCCCCCCNC(CC(F)(F)F)c1ccccc1. The maximum atomic E-state index is 12.7. The number of halogens is 3. The van der Waals surface area contributed by atoms with E-state index in [-0.39, 0.29) is 0 Å². The van der Waals surface area contributed by atoms with Crippen LogP contribution in [0.4, 0.5) is 13.2 Å². The van der Waals surface area contributed by atoms with Gasteiger partial charge in [-0.25, -0.2) is 0 Å². The molecule has 0 aromatic heterocycles. The fourth-order valence-electron chi connectivity index (χ4n) is 2.23. The highest BCUT2D eigenvalue weighted by atomic mass is 32.2. The highest BCUT2D eigenvalue weighted by Gasteiger charge is 2.32. The minimum absolute atomic E-state index is 0.634. The van der Waals surface area contributed by atoms with Crippen LogP contribution in [0.2, 0.25) is 0 Å². The van der Waals surface area contributed by atoms with Gasteiger partial charge in [-0.2, -0.15) is 24.9 Å². The predicted molar refractivity (Wildman–Crippen MR) is 84.7 cm³/mol. The summed E-state index contributed by atoms with van der Waals surface area (Å²) in [5.41, 5.74) is 0.706. The summed E-state index contributed by atoms with van der Waals surface area (Å²) >= 11 is 1.83. The Bertz CT molecular complexity index is 368. The number of benzene rings is 1. The lowest BCUT2D eigenvalue weighted by Gasteiger charge is -2.20. The molecule has 0 saturated carbocycles. The molecule has 1 aromatic rings. The minimum Gasteiger partial charge on any atom is -0.310 e. The molecule has 1 unspecified atom stereocenters. The summed E-state index contributed by atoms with van der Waals surface area (Å²) in [7, 11) is 0. The van der Waals surface area contributed by atoms with E-state index in [0.717, 1.165) is 25.0 Å². The first-order valence-electron chi connectivity index (χ1n) is 7.37. The summed E-state index contributed by atoms with van der Waals surface area (Å²) < 4.78 is 38.0. The molecule has 1 aromatic carbocycles. The van der Waals surface area contributed by atoms with Crippen LogP contribution in [0.5, 0.6) is 0 Å². The zero-order valence-corrected chi connectivity index (χ0v) is 13.3. The number of hydrogen-bond donors (Lipinski definition) is 1. The van der Waals surface area contributed by atoms with Crippen molar-refractivity contribution in [2.75, 3.05) is 18.6 Å². The van der Waals surface area contributed by atoms with Crippen LogP contribution in [-0.2, 0) is 0 Å². The molecule has 0 aliphatic heterocycles. The van der Waals surface area contributed by atoms with Crippen molar-refractivity contribution in [1.29, 1.82) is 0 Å². The van der Waals surface area contributed by atoms with E-state index in [1.165, 1.54) is 6.42 Å². The van der Waals surface area contributed by atoms with Gasteiger partial charge >= 0.3 is 6.18 Å². The maximum Gasteiger partial charge on any atom is 0.390 e. The van der Waals surface area contributed by atoms with Crippen molar-refractivity contribution in [2.24, 2.45) is 0 Å². The summed E-state index contributed by atoms with van der Waals surface area (Å²) in [5, 5.41) is 3.06. The number of nitrogens with one attached hydrogen (secondary N) is 1. The number of alkyl halides is 3. The number of thioether (sulfide) groups is 1. The van der Waals surface area contributed by atoms with E-state index in [1.807, 2.05) is 17.8 Å². The molecule has 21 heavy (non-hydrogen) atoms. The predicted octanol–water partition coefficient (Wildman–Crippen LogP) is 5.19. The first-order chi connectivity index (χ1) is 10.0. The Balaban J connectivity index is 2.37. The average Bonchev–Trinajstić information content (AvgIpc) is 2.45. The molecular formula is C16H24F3NS. The van der Waals surface area contributed by atoms with Crippen LogP contribution >= 0.6 is 11.8 Å². The van der Waals surface area contributed by atoms with Gasteiger partial charge in [0.1, 0.15) is 0 Å². The Kier molecular flexibility index (Phi) is 8.85. The summed E-state index contributed by atoms with van der Waals surface area (Å²) in [6.07, 6.45) is 1.46. The summed E-state index contributed by atoms with van der Waals surface area (Å²) in [5.74, 6) is 1.16. The lowest BCUT2D eigenvalue weighted by Crippen LogP contribution is -2.27. The van der Waals surface area contributed by atoms with Gasteiger partial charge in [0, 0.05) is 6.04 Å². The van der Waals surface area contributed by atoms with Gasteiger partial charge < -0.3 is 5.32 Å². The Labute approximate surface area is 129 Å². The van der Waals surface area contributed by atoms with E-state index in [4.69, 9.17) is 0 Å². The van der Waals surface area contributed by atoms with Gasteiger partial charge in [0.15, 0.2) is 0 Å². The van der Waals surface area contributed by atoms with Crippen molar-refractivity contribution < 1.29 is 13.2 Å². The van der Waals surface area contributed by atoms with E-state index in [0.29, 0.717) is 12.1 Å². The average molecular weight is 319 g/mol. The first kappa shape index (κ1) is 18.4. The number of hydrogen-bond acceptors (Lipinski definition) is 2. The molecule has 0 heterocycles. The normalized spacial score (nSPS) is 13.3. The zero-order chi connectivity index (χ0) is 15.6. The van der Waals surface area contributed by atoms with Crippen molar-refractivity contribution in [3.63, 3.8) is 0 Å². The number of unbranched alkanes of at least 4 members (excludes halogenated alkanes) is 3. The second kappa shape index (κ2) is 10.1. The monoisotopic (exact) mass is 319 g/mol. The van der Waals surface area contributed by atoms with Crippen LogP contribution in [0.25, 0.3) is 0 Å². The fourth-order valence-corrected chi connectivity index (χ4v) is 2.72. The topological polar surface area (TPSA) is 12.0 Å². The van der Waals surface area contributed by atoms with Gasteiger partial charge in [0.2, 0.25) is 0 Å². The standard InChI is InChI=1S/C16H24F3NS/c1-21-12-8-3-2-7-11-20-15(13-16(17,18)19)14-9-5-4-6-10-14/h4-6,9-10,15,20H,2-3,7-8,11-13H2,1H3. The van der Waals surface area contributed by atoms with Crippen molar-refractivity contribution in [3.05, 3.63) is 35.9 Å². The maximum absolute atomic E-state index is 12.7. The molecule has 0 spiro atoms. The smallest absolute Gasteiger partial charge is 0.310 e. The Morgan fingerprint density at radius 1 is 1.05 bits per heavy atom. The molecule has 120 valence electrons. The Hall–Kier alpha value is -0.680. The van der Waals surface area contributed by atoms with Gasteiger partial charge in [-0.3, -0.25) is 0 Å². The van der Waals surface area contributed by atoms with Crippen LogP contribution in [0.1, 0.15) is 43.7 Å². The zero-order valence-electron chi connectivity index (χ0n) is 12.5. The highest BCUT2D eigenvalue weighted by molar-refractivity contribution is 7.98. The molecule has 0 aliphatic carbocycles. The molecular weight excluding hydrogens is 295 g/mol. The lowest BCUT2D eigenvalue weighted by molar-refractivity contribution is -0.140. The van der Waals surface area contributed by atoms with E-state index in [9.17, 15) is 13.2 Å². The van der Waals surface area contributed by atoms with Crippen molar-refractivity contribution in [1.82, 2.24) is 5.32 Å². The Morgan fingerprint density at radius 2 is 1.71 bits per heavy atom. The molecule has 0 saturated heterocycles. The summed E-state index contributed by atoms with van der Waals surface area (Å²) in [6, 6.07) is 8.24. The largest absolute Gasteiger partial charge is 0.390 e. The molecule has 1 nitrogen and oxygen atoms in total. The lowest BCUT2D eigenvalue weighted by atomic mass is 10.0. The van der Waals surface area contributed by atoms with Crippen LogP contribution in [0.15, 0.2) is 30.3 Å². The molecule has 0 bridgehead atoms. The molecule has 0 aliphatic rings. The van der Waals surface area contributed by atoms with Crippen LogP contribution in [0.3, 0.4) is 0 Å². The molecule has 1 N–H and O–H groups in total. The first-order valence-corrected chi connectivity index (χ1v) is 8.76. The van der Waals surface area contributed by atoms with Crippen LogP contribution in [0, 0.1) is 0 Å². The van der Waals surface area contributed by atoms with Crippen LogP contribution < -0.4 is 5.32 Å². The number of rotatable bonds is 10. The van der Waals surface area contributed by atoms with Crippen molar-refractivity contribution >= 4 is 11.8 Å². The second-order valence-corrected chi connectivity index (χ2v) is 6.13. The highest BCUT2D eigenvalue weighted by Crippen LogP contribution is 2.29. The van der Waals surface area contributed by atoms with Gasteiger partial charge in [-0.05, 0) is 37.0 Å². The van der Waals surface area contributed by atoms with Gasteiger partial charge in [-0.1, -0.05) is 43.2 Å².